The normalized spacial score (nSPS) is 14.6. The van der Waals surface area contributed by atoms with E-state index in [4.69, 9.17) is 9.47 Å². The Morgan fingerprint density at radius 1 is 1.03 bits per heavy atom. The van der Waals surface area contributed by atoms with Gasteiger partial charge in [0.15, 0.2) is 13.2 Å². The van der Waals surface area contributed by atoms with Gasteiger partial charge in [0.1, 0.15) is 11.3 Å². The molecule has 0 unspecified atom stereocenters. The minimum Gasteiger partial charge on any atom is -0.482 e. The maximum atomic E-state index is 12.8. The predicted molar refractivity (Wildman–Crippen MR) is 109 cm³/mol. The second kappa shape index (κ2) is 7.95. The van der Waals surface area contributed by atoms with Crippen molar-refractivity contribution in [2.24, 2.45) is 0 Å². The smallest absolute Gasteiger partial charge is 0.344 e. The van der Waals surface area contributed by atoms with Gasteiger partial charge >= 0.3 is 5.97 Å². The van der Waals surface area contributed by atoms with Gasteiger partial charge in [0.05, 0.1) is 11.4 Å². The molecule has 1 aliphatic rings. The van der Waals surface area contributed by atoms with Crippen LogP contribution in [0.5, 0.6) is 5.75 Å². The largest absolute Gasteiger partial charge is 0.482 e. The Morgan fingerprint density at radius 2 is 1.76 bits per heavy atom. The maximum Gasteiger partial charge on any atom is 0.344 e. The van der Waals surface area contributed by atoms with Crippen molar-refractivity contribution in [3.63, 3.8) is 0 Å². The molecular weight excluding hydrogens is 372 g/mol. The molecule has 0 saturated carbocycles. The minimum absolute atomic E-state index is 0.308. The van der Waals surface area contributed by atoms with Crippen molar-refractivity contribution in [2.45, 2.75) is 33.2 Å². The van der Waals surface area contributed by atoms with Crippen molar-refractivity contribution in [1.82, 2.24) is 0 Å². The van der Waals surface area contributed by atoms with E-state index in [1.54, 1.807) is 44.2 Å². The van der Waals surface area contributed by atoms with Crippen LogP contribution >= 0.6 is 0 Å². The number of rotatable bonds is 5. The molecule has 0 aromatic heterocycles. The van der Waals surface area contributed by atoms with Crippen LogP contribution in [0.15, 0.2) is 42.5 Å². The highest BCUT2D eigenvalue weighted by Crippen LogP contribution is 2.36. The Morgan fingerprint density at radius 3 is 2.52 bits per heavy atom. The zero-order valence-corrected chi connectivity index (χ0v) is 16.9. The van der Waals surface area contributed by atoms with E-state index in [1.165, 1.54) is 4.90 Å². The average Bonchev–Trinajstić information content (AvgIpc) is 2.68. The Balaban J connectivity index is 1.64. The molecule has 7 heteroatoms. The van der Waals surface area contributed by atoms with Crippen LogP contribution in [-0.4, -0.2) is 36.5 Å². The van der Waals surface area contributed by atoms with Crippen molar-refractivity contribution in [3.8, 4) is 5.75 Å². The number of hydrogen-bond acceptors (Lipinski definition) is 5. The zero-order chi connectivity index (χ0) is 21.2. The molecule has 3 rings (SSSR count). The summed E-state index contributed by atoms with van der Waals surface area (Å²) in [6.45, 7) is 6.34. The summed E-state index contributed by atoms with van der Waals surface area (Å²) in [6, 6.07) is 12.6. The molecule has 7 nitrogen and oxygen atoms in total. The van der Waals surface area contributed by atoms with E-state index in [-0.39, 0.29) is 12.5 Å². The number of aryl methyl sites for hydroxylation is 1. The molecule has 0 aliphatic carbocycles. The van der Waals surface area contributed by atoms with Crippen LogP contribution in [0.3, 0.4) is 0 Å². The first-order valence-electron chi connectivity index (χ1n) is 9.30. The molecule has 1 aliphatic heterocycles. The number of amides is 2. The fourth-order valence-corrected chi connectivity index (χ4v) is 3.16. The Hall–Kier alpha value is -3.35. The van der Waals surface area contributed by atoms with Gasteiger partial charge in [0, 0.05) is 0 Å². The van der Waals surface area contributed by atoms with E-state index in [0.29, 0.717) is 17.1 Å². The molecule has 1 heterocycles. The summed E-state index contributed by atoms with van der Waals surface area (Å²) in [5, 5.41) is 2.79. The molecule has 152 valence electrons. The molecule has 2 aromatic rings. The van der Waals surface area contributed by atoms with Crippen molar-refractivity contribution in [1.29, 1.82) is 0 Å². The van der Waals surface area contributed by atoms with Gasteiger partial charge in [-0.2, -0.15) is 0 Å². The van der Waals surface area contributed by atoms with Gasteiger partial charge in [0.2, 0.25) is 5.91 Å². The highest BCUT2D eigenvalue weighted by atomic mass is 16.6. The Labute approximate surface area is 169 Å². The van der Waals surface area contributed by atoms with Crippen LogP contribution < -0.4 is 15.0 Å². The topological polar surface area (TPSA) is 84.9 Å². The second-order valence-corrected chi connectivity index (χ2v) is 7.41. The molecule has 1 N–H and O–H groups in total. The molecule has 2 aromatic carbocycles. The number of benzene rings is 2. The zero-order valence-electron chi connectivity index (χ0n) is 16.9. The van der Waals surface area contributed by atoms with E-state index in [2.05, 4.69) is 5.32 Å². The number of nitrogens with one attached hydrogen (secondary N) is 1. The minimum atomic E-state index is -1.12. The lowest BCUT2D eigenvalue weighted by atomic mass is 9.96. The van der Waals surface area contributed by atoms with Gasteiger partial charge in [-0.3, -0.25) is 14.5 Å². The quantitative estimate of drug-likeness (QED) is 0.786. The monoisotopic (exact) mass is 396 g/mol. The Bertz CT molecular complexity index is 967. The van der Waals surface area contributed by atoms with Crippen molar-refractivity contribution in [2.75, 3.05) is 23.4 Å². The molecular formula is C22H24N2O5. The van der Waals surface area contributed by atoms with Crippen molar-refractivity contribution in [3.05, 3.63) is 53.6 Å². The first-order chi connectivity index (χ1) is 13.7. The van der Waals surface area contributed by atoms with Crippen LogP contribution in [0.1, 0.15) is 25.0 Å². The molecule has 0 bridgehead atoms. The molecule has 0 spiro atoms. The number of ether oxygens (including phenoxy) is 2. The number of anilines is 2. The number of nitrogens with zero attached hydrogens (tertiary/aromatic N) is 1. The summed E-state index contributed by atoms with van der Waals surface area (Å²) in [4.78, 5) is 38.7. The summed E-state index contributed by atoms with van der Waals surface area (Å²) in [6.07, 6.45) is 0. The van der Waals surface area contributed by atoms with E-state index in [1.807, 2.05) is 26.0 Å². The number of carbonyl (C=O) groups is 3. The van der Waals surface area contributed by atoms with E-state index >= 15 is 0 Å². The van der Waals surface area contributed by atoms with E-state index in [0.717, 1.165) is 11.1 Å². The van der Waals surface area contributed by atoms with Gasteiger partial charge in [0.25, 0.3) is 5.91 Å². The van der Waals surface area contributed by atoms with Crippen LogP contribution in [0.4, 0.5) is 11.4 Å². The predicted octanol–water partition coefficient (Wildman–Crippen LogP) is 2.99. The summed E-state index contributed by atoms with van der Waals surface area (Å²) < 4.78 is 10.6. The number of fused-ring (bicyclic) bond motifs is 1. The van der Waals surface area contributed by atoms with E-state index in [9.17, 15) is 14.4 Å². The number of esters is 1. The SMILES string of the molecule is Cc1cccc(OCC(=O)OCC(=O)N2c3ccccc3NC(=O)C2(C)C)c1C. The first kappa shape index (κ1) is 20.4. The lowest BCUT2D eigenvalue weighted by molar-refractivity contribution is -0.150. The van der Waals surface area contributed by atoms with Crippen molar-refractivity contribution >= 4 is 29.2 Å². The van der Waals surface area contributed by atoms with Gasteiger partial charge < -0.3 is 14.8 Å². The molecule has 2 amide bonds. The van der Waals surface area contributed by atoms with Crippen LogP contribution in [0.2, 0.25) is 0 Å². The average molecular weight is 396 g/mol. The summed E-state index contributed by atoms with van der Waals surface area (Å²) in [5.74, 6) is -0.866. The third-order valence-corrected chi connectivity index (χ3v) is 5.01. The molecule has 0 fully saturated rings. The third kappa shape index (κ3) is 4.08. The van der Waals surface area contributed by atoms with Crippen LogP contribution in [-0.2, 0) is 19.1 Å². The number of para-hydroxylation sites is 2. The molecule has 0 saturated heterocycles. The highest BCUT2D eigenvalue weighted by Gasteiger charge is 2.43. The molecule has 29 heavy (non-hydrogen) atoms. The standard InChI is InChI=1S/C22H24N2O5/c1-14-8-7-11-18(15(14)2)28-13-20(26)29-12-19(25)24-17-10-6-5-9-16(17)23-21(27)22(24,3)4/h5-11H,12-13H2,1-4H3,(H,23,27). The van der Waals surface area contributed by atoms with Gasteiger partial charge in [-0.25, -0.2) is 4.79 Å². The lowest BCUT2D eigenvalue weighted by Gasteiger charge is -2.41. The second-order valence-electron chi connectivity index (χ2n) is 7.41. The maximum absolute atomic E-state index is 12.8. The first-order valence-corrected chi connectivity index (χ1v) is 9.30. The summed E-state index contributed by atoms with van der Waals surface area (Å²) in [7, 11) is 0. The number of hydrogen-bond donors (Lipinski definition) is 1. The third-order valence-electron chi connectivity index (χ3n) is 5.01. The fourth-order valence-electron chi connectivity index (χ4n) is 3.16. The van der Waals surface area contributed by atoms with Crippen LogP contribution in [0.25, 0.3) is 0 Å². The Kier molecular flexibility index (Phi) is 5.59. The molecule has 0 radical (unpaired) electrons. The highest BCUT2D eigenvalue weighted by molar-refractivity contribution is 6.14. The van der Waals surface area contributed by atoms with Gasteiger partial charge in [-0.15, -0.1) is 0 Å². The summed E-state index contributed by atoms with van der Waals surface area (Å²) >= 11 is 0. The summed E-state index contributed by atoms with van der Waals surface area (Å²) in [5.41, 5.74) is 1.97. The van der Waals surface area contributed by atoms with Crippen LogP contribution in [0, 0.1) is 13.8 Å². The number of carbonyl (C=O) groups excluding carboxylic acids is 3. The van der Waals surface area contributed by atoms with Crippen molar-refractivity contribution < 1.29 is 23.9 Å². The fraction of sp³-hybridized carbons (Fsp3) is 0.318. The van der Waals surface area contributed by atoms with Gasteiger partial charge in [-0.1, -0.05) is 24.3 Å². The van der Waals surface area contributed by atoms with Gasteiger partial charge in [-0.05, 0) is 57.0 Å². The molecule has 0 atom stereocenters. The van der Waals surface area contributed by atoms with E-state index < -0.39 is 24.0 Å². The lowest BCUT2D eigenvalue weighted by Crippen LogP contribution is -2.59.